The molecular weight excluding hydrogens is 438 g/mol. The van der Waals surface area contributed by atoms with E-state index >= 15 is 0 Å². The number of nitrogens with one attached hydrogen (secondary N) is 1. The average molecular weight is 464 g/mol. The molecule has 0 saturated carbocycles. The number of rotatable bonds is 7. The number of ether oxygens (including phenoxy) is 1. The summed E-state index contributed by atoms with van der Waals surface area (Å²) in [4.78, 5) is 37.9. The molecular formula is C24H25N5O3S. The zero-order valence-corrected chi connectivity index (χ0v) is 19.1. The predicted molar refractivity (Wildman–Crippen MR) is 130 cm³/mol. The average Bonchev–Trinajstić information content (AvgIpc) is 2.88. The molecule has 1 amide bonds. The number of hydrogen-bond acceptors (Lipinski definition) is 8. The van der Waals surface area contributed by atoms with Crippen molar-refractivity contribution in [3.8, 4) is 0 Å². The number of carbonyl (C=O) groups excluding carboxylic acids is 2. The number of para-hydroxylation sites is 2. The molecule has 9 heteroatoms. The van der Waals surface area contributed by atoms with Gasteiger partial charge in [0.25, 0.3) is 0 Å². The van der Waals surface area contributed by atoms with E-state index in [0.717, 1.165) is 32.0 Å². The maximum atomic E-state index is 12.5. The molecule has 1 saturated heterocycles. The Morgan fingerprint density at radius 1 is 0.970 bits per heavy atom. The summed E-state index contributed by atoms with van der Waals surface area (Å²) >= 11 is 1.26. The molecule has 33 heavy (non-hydrogen) atoms. The molecule has 1 aliphatic heterocycles. The molecule has 1 fully saturated rings. The number of benzene rings is 2. The third-order valence-electron chi connectivity index (χ3n) is 5.28. The van der Waals surface area contributed by atoms with Crippen molar-refractivity contribution in [1.82, 2.24) is 9.97 Å². The van der Waals surface area contributed by atoms with E-state index in [-0.39, 0.29) is 11.7 Å². The van der Waals surface area contributed by atoms with E-state index < -0.39 is 5.97 Å². The highest BCUT2D eigenvalue weighted by atomic mass is 32.2. The van der Waals surface area contributed by atoms with Crippen LogP contribution in [0.4, 0.5) is 17.2 Å². The second kappa shape index (κ2) is 10.8. The van der Waals surface area contributed by atoms with E-state index in [0.29, 0.717) is 16.4 Å². The fraction of sp³-hybridized carbons (Fsp3) is 0.250. The zero-order chi connectivity index (χ0) is 23.0. The molecule has 1 aliphatic rings. The minimum Gasteiger partial charge on any atom is -0.465 e. The van der Waals surface area contributed by atoms with Gasteiger partial charge in [-0.05, 0) is 30.3 Å². The topological polar surface area (TPSA) is 87.7 Å². The van der Waals surface area contributed by atoms with E-state index in [1.807, 2.05) is 12.1 Å². The highest BCUT2D eigenvalue weighted by Gasteiger charge is 2.19. The van der Waals surface area contributed by atoms with Crippen molar-refractivity contribution in [2.45, 2.75) is 5.16 Å². The number of aromatic nitrogens is 2. The van der Waals surface area contributed by atoms with Gasteiger partial charge >= 0.3 is 5.97 Å². The van der Waals surface area contributed by atoms with Crippen LogP contribution in [0.15, 0.2) is 72.0 Å². The molecule has 0 aliphatic carbocycles. The van der Waals surface area contributed by atoms with Gasteiger partial charge in [-0.2, -0.15) is 0 Å². The first-order valence-electron chi connectivity index (χ1n) is 10.6. The van der Waals surface area contributed by atoms with E-state index in [9.17, 15) is 9.59 Å². The van der Waals surface area contributed by atoms with Crippen molar-refractivity contribution in [2.24, 2.45) is 0 Å². The van der Waals surface area contributed by atoms with Gasteiger partial charge in [-0.3, -0.25) is 4.79 Å². The second-order valence-corrected chi connectivity index (χ2v) is 8.32. The van der Waals surface area contributed by atoms with E-state index in [1.54, 1.807) is 30.5 Å². The summed E-state index contributed by atoms with van der Waals surface area (Å²) < 4.78 is 4.77. The monoisotopic (exact) mass is 463 g/mol. The molecule has 1 aromatic heterocycles. The number of methoxy groups -OCH3 is 1. The number of amides is 1. The Labute approximate surface area is 197 Å². The first kappa shape index (κ1) is 22.6. The molecule has 170 valence electrons. The van der Waals surface area contributed by atoms with Gasteiger partial charge in [-0.1, -0.05) is 42.1 Å². The number of nitrogens with zero attached hydrogens (tertiary/aromatic N) is 4. The Bertz CT molecular complexity index is 1100. The molecule has 4 rings (SSSR count). The third-order valence-corrected chi connectivity index (χ3v) is 6.14. The van der Waals surface area contributed by atoms with Crippen molar-refractivity contribution in [1.29, 1.82) is 0 Å². The van der Waals surface area contributed by atoms with Crippen LogP contribution in [0, 0.1) is 0 Å². The largest absolute Gasteiger partial charge is 0.465 e. The first-order chi connectivity index (χ1) is 16.1. The van der Waals surface area contributed by atoms with Crippen LogP contribution in [-0.4, -0.2) is 60.9 Å². The van der Waals surface area contributed by atoms with Crippen LogP contribution in [0.3, 0.4) is 0 Å². The lowest BCUT2D eigenvalue weighted by Gasteiger charge is -2.36. The minimum absolute atomic E-state index is 0.126. The molecule has 0 radical (unpaired) electrons. The predicted octanol–water partition coefficient (Wildman–Crippen LogP) is 3.32. The Kier molecular flexibility index (Phi) is 7.41. The van der Waals surface area contributed by atoms with Crippen LogP contribution in [0.5, 0.6) is 0 Å². The van der Waals surface area contributed by atoms with Crippen molar-refractivity contribution < 1.29 is 14.3 Å². The van der Waals surface area contributed by atoms with Gasteiger partial charge in [0.05, 0.1) is 24.1 Å². The molecule has 2 aromatic carbocycles. The molecule has 0 unspecified atom stereocenters. The van der Waals surface area contributed by atoms with E-state index in [4.69, 9.17) is 4.74 Å². The fourth-order valence-electron chi connectivity index (χ4n) is 3.61. The minimum atomic E-state index is -0.498. The molecule has 1 N–H and O–H groups in total. The van der Waals surface area contributed by atoms with Crippen LogP contribution in [0.25, 0.3) is 0 Å². The highest BCUT2D eigenvalue weighted by molar-refractivity contribution is 7.99. The first-order valence-corrected chi connectivity index (χ1v) is 11.6. The lowest BCUT2D eigenvalue weighted by Crippen LogP contribution is -2.46. The second-order valence-electron chi connectivity index (χ2n) is 7.38. The fourth-order valence-corrected chi connectivity index (χ4v) is 4.23. The van der Waals surface area contributed by atoms with Crippen LogP contribution in [-0.2, 0) is 9.53 Å². The Morgan fingerprint density at radius 3 is 2.42 bits per heavy atom. The van der Waals surface area contributed by atoms with Gasteiger partial charge < -0.3 is 19.9 Å². The molecule has 3 aromatic rings. The summed E-state index contributed by atoms with van der Waals surface area (Å²) in [5, 5.41) is 3.30. The SMILES string of the molecule is COC(=O)c1ccccc1NC(=O)CSc1nccc(N2CCN(c3ccccc3)CC2)n1. The summed E-state index contributed by atoms with van der Waals surface area (Å²) in [5.74, 6) is 0.237. The van der Waals surface area contributed by atoms with E-state index in [1.165, 1.54) is 24.6 Å². The molecule has 0 spiro atoms. The molecule has 0 bridgehead atoms. The number of esters is 1. The number of hydrogen-bond donors (Lipinski definition) is 1. The Morgan fingerprint density at radius 2 is 1.67 bits per heavy atom. The Balaban J connectivity index is 1.32. The third kappa shape index (κ3) is 5.81. The quantitative estimate of drug-likeness (QED) is 0.324. The van der Waals surface area contributed by atoms with E-state index in [2.05, 4.69) is 49.4 Å². The molecule has 2 heterocycles. The summed E-state index contributed by atoms with van der Waals surface area (Å²) in [6.45, 7) is 3.55. The number of thioether (sulfide) groups is 1. The molecule has 8 nitrogen and oxygen atoms in total. The highest BCUT2D eigenvalue weighted by Crippen LogP contribution is 2.22. The van der Waals surface area contributed by atoms with Crippen LogP contribution in [0.1, 0.15) is 10.4 Å². The molecule has 0 atom stereocenters. The van der Waals surface area contributed by atoms with Crippen LogP contribution in [0.2, 0.25) is 0 Å². The van der Waals surface area contributed by atoms with Crippen LogP contribution < -0.4 is 15.1 Å². The summed E-state index contributed by atoms with van der Waals surface area (Å²) in [6, 6.07) is 19.0. The number of anilines is 3. The number of carbonyl (C=O) groups is 2. The zero-order valence-electron chi connectivity index (χ0n) is 18.3. The van der Waals surface area contributed by atoms with Gasteiger partial charge in [-0.25, -0.2) is 14.8 Å². The summed E-state index contributed by atoms with van der Waals surface area (Å²) in [5.41, 5.74) is 1.96. The van der Waals surface area contributed by atoms with Crippen molar-refractivity contribution in [3.05, 3.63) is 72.4 Å². The normalized spacial score (nSPS) is 13.5. The Hall–Kier alpha value is -3.59. The van der Waals surface area contributed by atoms with Crippen molar-refractivity contribution in [2.75, 3.05) is 54.2 Å². The van der Waals surface area contributed by atoms with Gasteiger partial charge in [-0.15, -0.1) is 0 Å². The maximum absolute atomic E-state index is 12.5. The van der Waals surface area contributed by atoms with Crippen molar-refractivity contribution in [3.63, 3.8) is 0 Å². The van der Waals surface area contributed by atoms with Gasteiger partial charge in [0.15, 0.2) is 5.16 Å². The lowest BCUT2D eigenvalue weighted by atomic mass is 10.2. The lowest BCUT2D eigenvalue weighted by molar-refractivity contribution is -0.113. The van der Waals surface area contributed by atoms with Gasteiger partial charge in [0.1, 0.15) is 5.82 Å². The number of piperazine rings is 1. The van der Waals surface area contributed by atoms with Gasteiger partial charge in [0, 0.05) is 38.1 Å². The van der Waals surface area contributed by atoms with Gasteiger partial charge in [0.2, 0.25) is 5.91 Å². The summed E-state index contributed by atoms with van der Waals surface area (Å²) in [7, 11) is 1.31. The standard InChI is InChI=1S/C24H25N5O3S/c1-32-23(31)19-9-5-6-10-20(19)26-22(30)17-33-24-25-12-11-21(27-24)29-15-13-28(14-16-29)18-7-3-2-4-8-18/h2-12H,13-17H2,1H3,(H,26,30). The van der Waals surface area contributed by atoms with Crippen molar-refractivity contribution >= 4 is 40.8 Å². The smallest absolute Gasteiger partial charge is 0.339 e. The van der Waals surface area contributed by atoms with Crippen LogP contribution >= 0.6 is 11.8 Å². The summed E-state index contributed by atoms with van der Waals surface area (Å²) in [6.07, 6.45) is 1.72. The maximum Gasteiger partial charge on any atom is 0.339 e.